The summed E-state index contributed by atoms with van der Waals surface area (Å²) in [5.74, 6) is -0.296. The van der Waals surface area contributed by atoms with Gasteiger partial charge in [0, 0.05) is 18.4 Å². The van der Waals surface area contributed by atoms with Gasteiger partial charge in [0.05, 0.1) is 5.56 Å². The molecule has 0 radical (unpaired) electrons. The molecule has 1 rings (SSSR count). The molecule has 1 aromatic carbocycles. The van der Waals surface area contributed by atoms with E-state index in [1.54, 1.807) is 0 Å². The highest BCUT2D eigenvalue weighted by atomic mass is 16.3. The van der Waals surface area contributed by atoms with Gasteiger partial charge in [0.2, 0.25) is 0 Å². The summed E-state index contributed by atoms with van der Waals surface area (Å²) in [5, 5.41) is 19.6. The van der Waals surface area contributed by atoms with Gasteiger partial charge in [-0.3, -0.25) is 9.59 Å². The molecular weight excluding hydrogens is 292 g/mol. The molecule has 0 aliphatic carbocycles. The fraction of sp³-hybridized carbons (Fsp3) is 0.579. The molecule has 0 heterocycles. The minimum atomic E-state index is -0.237. The van der Waals surface area contributed by atoms with Gasteiger partial charge in [-0.25, -0.2) is 0 Å². The molecule has 0 spiro atoms. The zero-order chi connectivity index (χ0) is 17.2. The zero-order valence-corrected chi connectivity index (χ0v) is 14.2. The molecule has 0 saturated heterocycles. The van der Waals surface area contributed by atoms with E-state index < -0.39 is 0 Å². The Hall–Kier alpha value is -1.84. The Balaban J connectivity index is 2.47. The summed E-state index contributed by atoms with van der Waals surface area (Å²) in [6.07, 6.45) is 9.11. The Kier molecular flexibility index (Phi) is 8.38. The molecule has 4 nitrogen and oxygen atoms in total. The molecule has 2 N–H and O–H groups in total. The average Bonchev–Trinajstić information content (AvgIpc) is 2.52. The molecule has 4 heteroatoms. The number of hydrogen-bond donors (Lipinski definition) is 2. The number of unbranched alkanes of at least 4 members (excludes halogenated alkanes) is 6. The van der Waals surface area contributed by atoms with Crippen LogP contribution in [-0.4, -0.2) is 22.3 Å². The predicted molar refractivity (Wildman–Crippen MR) is 91.2 cm³/mol. The summed E-state index contributed by atoms with van der Waals surface area (Å²) < 4.78 is 0. The molecule has 23 heavy (non-hydrogen) atoms. The zero-order valence-electron chi connectivity index (χ0n) is 14.2. The fourth-order valence-electron chi connectivity index (χ4n) is 2.68. The second kappa shape index (κ2) is 10.0. The number of carbonyl (C=O) groups excluding carboxylic acids is 2. The SMILES string of the molecule is CCCCCCCCCC(=O)Cc1cc(O)c(C)c(O)c1C=O. The molecule has 0 unspecified atom stereocenters. The molecule has 128 valence electrons. The van der Waals surface area contributed by atoms with Crippen molar-refractivity contribution in [3.63, 3.8) is 0 Å². The number of hydrogen-bond acceptors (Lipinski definition) is 4. The van der Waals surface area contributed by atoms with Crippen LogP contribution in [0.25, 0.3) is 0 Å². The normalized spacial score (nSPS) is 10.7. The fourth-order valence-corrected chi connectivity index (χ4v) is 2.68. The van der Waals surface area contributed by atoms with Crippen LogP contribution in [0.1, 0.15) is 79.8 Å². The second-order valence-corrected chi connectivity index (χ2v) is 6.15. The van der Waals surface area contributed by atoms with Gasteiger partial charge in [-0.15, -0.1) is 0 Å². The first-order chi connectivity index (χ1) is 11.0. The molecule has 0 bridgehead atoms. The van der Waals surface area contributed by atoms with Gasteiger partial charge in [-0.2, -0.15) is 0 Å². The molecule has 0 aromatic heterocycles. The predicted octanol–water partition coefficient (Wildman–Crippen LogP) is 4.47. The third-order valence-electron chi connectivity index (χ3n) is 4.22. The Morgan fingerprint density at radius 1 is 1.09 bits per heavy atom. The lowest BCUT2D eigenvalue weighted by molar-refractivity contribution is -0.118. The van der Waals surface area contributed by atoms with Crippen LogP contribution in [0.2, 0.25) is 0 Å². The number of phenols is 2. The van der Waals surface area contributed by atoms with Crippen molar-refractivity contribution in [1.82, 2.24) is 0 Å². The molecule has 0 atom stereocenters. The van der Waals surface area contributed by atoms with E-state index in [1.165, 1.54) is 38.7 Å². The maximum Gasteiger partial charge on any atom is 0.154 e. The smallest absolute Gasteiger partial charge is 0.154 e. The van der Waals surface area contributed by atoms with Crippen LogP contribution in [0, 0.1) is 6.92 Å². The van der Waals surface area contributed by atoms with E-state index in [-0.39, 0.29) is 34.8 Å². The van der Waals surface area contributed by atoms with Gasteiger partial charge < -0.3 is 10.2 Å². The second-order valence-electron chi connectivity index (χ2n) is 6.15. The Morgan fingerprint density at radius 3 is 2.30 bits per heavy atom. The number of rotatable bonds is 11. The summed E-state index contributed by atoms with van der Waals surface area (Å²) in [6.45, 7) is 3.72. The number of aldehydes is 1. The molecule has 0 aliphatic heterocycles. The van der Waals surface area contributed by atoms with Crippen LogP contribution in [0.4, 0.5) is 0 Å². The largest absolute Gasteiger partial charge is 0.508 e. The lowest BCUT2D eigenvalue weighted by Crippen LogP contribution is -2.06. The van der Waals surface area contributed by atoms with Crippen LogP contribution < -0.4 is 0 Å². The first kappa shape index (κ1) is 19.2. The van der Waals surface area contributed by atoms with Crippen LogP contribution in [0.3, 0.4) is 0 Å². The maximum absolute atomic E-state index is 12.0. The van der Waals surface area contributed by atoms with E-state index in [0.717, 1.165) is 19.3 Å². The van der Waals surface area contributed by atoms with Crippen LogP contribution in [0.5, 0.6) is 11.5 Å². The van der Waals surface area contributed by atoms with E-state index in [1.807, 2.05) is 0 Å². The van der Waals surface area contributed by atoms with Gasteiger partial charge in [-0.1, -0.05) is 45.4 Å². The van der Waals surface area contributed by atoms with Crippen molar-refractivity contribution in [3.05, 3.63) is 22.8 Å². The summed E-state index contributed by atoms with van der Waals surface area (Å²) in [6, 6.07) is 1.40. The van der Waals surface area contributed by atoms with E-state index in [4.69, 9.17) is 0 Å². The van der Waals surface area contributed by atoms with Crippen molar-refractivity contribution in [3.8, 4) is 11.5 Å². The Labute approximate surface area is 138 Å². The van der Waals surface area contributed by atoms with E-state index in [2.05, 4.69) is 6.92 Å². The minimum absolute atomic E-state index is 0.0318. The van der Waals surface area contributed by atoms with E-state index in [9.17, 15) is 19.8 Å². The molecule has 0 saturated carbocycles. The number of Topliss-reactive ketones (excluding diaryl/α,β-unsaturated/α-hetero) is 1. The monoisotopic (exact) mass is 320 g/mol. The van der Waals surface area contributed by atoms with Crippen molar-refractivity contribution in [2.24, 2.45) is 0 Å². The van der Waals surface area contributed by atoms with Gasteiger partial charge in [0.1, 0.15) is 17.3 Å². The van der Waals surface area contributed by atoms with Crippen molar-refractivity contribution in [2.45, 2.75) is 71.6 Å². The van der Waals surface area contributed by atoms with Crippen LogP contribution in [0.15, 0.2) is 6.07 Å². The average molecular weight is 320 g/mol. The first-order valence-corrected chi connectivity index (χ1v) is 8.52. The number of benzene rings is 1. The lowest BCUT2D eigenvalue weighted by Gasteiger charge is -2.10. The first-order valence-electron chi connectivity index (χ1n) is 8.52. The molecular formula is C19H28O4. The number of ketones is 1. The summed E-state index contributed by atoms with van der Waals surface area (Å²) >= 11 is 0. The highest BCUT2D eigenvalue weighted by Crippen LogP contribution is 2.32. The summed E-state index contributed by atoms with van der Waals surface area (Å²) in [7, 11) is 0. The minimum Gasteiger partial charge on any atom is -0.508 e. The standard InChI is InChI=1S/C19H28O4/c1-3-4-5-6-7-8-9-10-16(21)11-15-12-18(22)14(2)19(23)17(15)13-20/h12-13,22-23H,3-11H2,1-2H3. The van der Waals surface area contributed by atoms with Gasteiger partial charge in [-0.05, 0) is 25.0 Å². The summed E-state index contributed by atoms with van der Waals surface area (Å²) in [4.78, 5) is 23.2. The number of aromatic hydroxyl groups is 2. The summed E-state index contributed by atoms with van der Waals surface area (Å²) in [5.41, 5.74) is 0.761. The van der Waals surface area contributed by atoms with Gasteiger partial charge in [0.25, 0.3) is 0 Å². The molecule has 0 aliphatic rings. The Morgan fingerprint density at radius 2 is 1.70 bits per heavy atom. The van der Waals surface area contributed by atoms with E-state index in [0.29, 0.717) is 18.3 Å². The van der Waals surface area contributed by atoms with Crippen molar-refractivity contribution in [1.29, 1.82) is 0 Å². The van der Waals surface area contributed by atoms with Crippen molar-refractivity contribution in [2.75, 3.05) is 0 Å². The molecule has 0 fully saturated rings. The molecule has 1 aromatic rings. The third kappa shape index (κ3) is 6.05. The number of phenolic OH excluding ortho intramolecular Hbond substituents is 2. The van der Waals surface area contributed by atoms with Crippen molar-refractivity contribution < 1.29 is 19.8 Å². The van der Waals surface area contributed by atoms with Crippen LogP contribution >= 0.6 is 0 Å². The highest BCUT2D eigenvalue weighted by Gasteiger charge is 2.16. The topological polar surface area (TPSA) is 74.6 Å². The van der Waals surface area contributed by atoms with Crippen molar-refractivity contribution >= 4 is 12.1 Å². The maximum atomic E-state index is 12.0. The Bertz CT molecular complexity index is 535. The van der Waals surface area contributed by atoms with E-state index >= 15 is 0 Å². The quantitative estimate of drug-likeness (QED) is 0.466. The van der Waals surface area contributed by atoms with Gasteiger partial charge >= 0.3 is 0 Å². The third-order valence-corrected chi connectivity index (χ3v) is 4.22. The highest BCUT2D eigenvalue weighted by molar-refractivity contribution is 5.88. The number of carbonyl (C=O) groups is 2. The van der Waals surface area contributed by atoms with Crippen LogP contribution in [-0.2, 0) is 11.2 Å². The lowest BCUT2D eigenvalue weighted by atomic mass is 9.96. The van der Waals surface area contributed by atoms with Gasteiger partial charge in [0.15, 0.2) is 6.29 Å². The molecule has 0 amide bonds.